The Bertz CT molecular complexity index is 1540. The van der Waals surface area contributed by atoms with E-state index in [9.17, 15) is 4.79 Å². The van der Waals surface area contributed by atoms with Crippen LogP contribution in [0.1, 0.15) is 43.1 Å². The summed E-state index contributed by atoms with van der Waals surface area (Å²) in [6, 6.07) is 7.81. The van der Waals surface area contributed by atoms with Crippen molar-refractivity contribution in [1.29, 1.82) is 5.41 Å². The SMILES string of the molecule is COc1cccc2cc(-c3nc([C@H]4CC[C@H](C(=O)NCCOCCOCCOCCOCCOCCOCCOCCN)CC4)[nH]c3/C(N)=N\C=N)[nH]c12. The summed E-state index contributed by atoms with van der Waals surface area (Å²) >= 11 is 0. The number of aliphatic imine (C=N–C) groups is 1. The van der Waals surface area contributed by atoms with Gasteiger partial charge in [-0.15, -0.1) is 0 Å². The summed E-state index contributed by atoms with van der Waals surface area (Å²) in [6.45, 7) is 7.80. The van der Waals surface area contributed by atoms with Crippen molar-refractivity contribution in [3.8, 4) is 17.1 Å². The van der Waals surface area contributed by atoms with Crippen molar-refractivity contribution >= 4 is 29.0 Å². The first-order valence-corrected chi connectivity index (χ1v) is 18.7. The van der Waals surface area contributed by atoms with Crippen LogP contribution >= 0.6 is 0 Å². The first-order chi connectivity index (χ1) is 26.5. The molecule has 2 aromatic heterocycles. The van der Waals surface area contributed by atoms with Crippen LogP contribution in [-0.4, -0.2) is 146 Å². The Morgan fingerprint density at radius 1 is 0.852 bits per heavy atom. The van der Waals surface area contributed by atoms with Gasteiger partial charge in [-0.25, -0.2) is 9.98 Å². The van der Waals surface area contributed by atoms with Crippen molar-refractivity contribution in [1.82, 2.24) is 20.3 Å². The molecule has 2 heterocycles. The molecular weight excluding hydrogens is 700 g/mol. The maximum atomic E-state index is 12.9. The number of hydrogen-bond acceptors (Lipinski definition) is 12. The predicted octanol–water partition coefficient (Wildman–Crippen LogP) is 2.34. The molecule has 3 aromatic rings. The first-order valence-electron chi connectivity index (χ1n) is 18.7. The lowest BCUT2D eigenvalue weighted by Crippen LogP contribution is -2.35. The summed E-state index contributed by atoms with van der Waals surface area (Å²) in [5.41, 5.74) is 14.4. The van der Waals surface area contributed by atoms with Gasteiger partial charge in [-0.1, -0.05) is 12.1 Å². The second kappa shape index (κ2) is 25.2. The average Bonchev–Trinajstić information content (AvgIpc) is 3.84. The van der Waals surface area contributed by atoms with Gasteiger partial charge in [0.25, 0.3) is 0 Å². The standard InChI is InChI=1S/C37H58N8O9/c1-47-31-4-2-3-29-25-30(43-32(29)31)33-34(35(40)42-26-39)45-36(44-33)27-5-7-28(8-6-27)37(46)41-10-12-49-14-16-51-18-20-53-22-24-54-23-21-52-19-17-50-15-13-48-11-9-38/h2-4,25-28,43H,5-24,38H2,1H3,(H,41,46)(H,44,45)(H3,39,40,42)/t27-,28-. The van der Waals surface area contributed by atoms with Crippen molar-refractivity contribution in [2.75, 3.05) is 113 Å². The van der Waals surface area contributed by atoms with Crippen LogP contribution in [0.4, 0.5) is 0 Å². The highest BCUT2D eigenvalue weighted by atomic mass is 16.6. The Labute approximate surface area is 316 Å². The molecule has 1 aliphatic carbocycles. The number of H-pyrrole nitrogens is 2. The number of carbonyl (C=O) groups is 1. The van der Waals surface area contributed by atoms with Crippen LogP contribution in [-0.2, 0) is 38.0 Å². The smallest absolute Gasteiger partial charge is 0.223 e. The molecule has 300 valence electrons. The van der Waals surface area contributed by atoms with E-state index in [1.54, 1.807) is 7.11 Å². The average molecular weight is 759 g/mol. The number of nitrogens with zero attached hydrogens (tertiary/aromatic N) is 2. The molecule has 0 spiro atoms. The van der Waals surface area contributed by atoms with E-state index in [-0.39, 0.29) is 23.6 Å². The molecule has 0 unspecified atom stereocenters. The van der Waals surface area contributed by atoms with Crippen molar-refractivity contribution < 1.29 is 42.7 Å². The molecule has 54 heavy (non-hydrogen) atoms. The molecule has 1 fully saturated rings. The van der Waals surface area contributed by atoms with Gasteiger partial charge >= 0.3 is 0 Å². The zero-order valence-corrected chi connectivity index (χ0v) is 31.4. The fourth-order valence-corrected chi connectivity index (χ4v) is 6.05. The molecule has 1 aromatic carbocycles. The summed E-state index contributed by atoms with van der Waals surface area (Å²) in [5, 5.41) is 11.4. The number of imidazole rings is 1. The van der Waals surface area contributed by atoms with E-state index in [2.05, 4.69) is 20.3 Å². The zero-order valence-electron chi connectivity index (χ0n) is 31.4. The maximum Gasteiger partial charge on any atom is 0.223 e. The first kappa shape index (κ1) is 42.8. The van der Waals surface area contributed by atoms with Gasteiger partial charge in [-0.3, -0.25) is 10.2 Å². The topological polar surface area (TPSA) is 236 Å². The molecule has 1 amide bonds. The number of nitrogens with two attached hydrogens (primary N) is 2. The molecule has 0 radical (unpaired) electrons. The maximum absolute atomic E-state index is 12.9. The summed E-state index contributed by atoms with van der Waals surface area (Å²) in [7, 11) is 1.63. The molecule has 1 aliphatic rings. The molecule has 0 bridgehead atoms. The van der Waals surface area contributed by atoms with Crippen LogP contribution in [0, 0.1) is 11.3 Å². The molecule has 8 N–H and O–H groups in total. The van der Waals surface area contributed by atoms with Gasteiger partial charge in [0.1, 0.15) is 29.3 Å². The Balaban J connectivity index is 1.01. The molecule has 0 aliphatic heterocycles. The predicted molar refractivity (Wildman–Crippen MR) is 204 cm³/mol. The number of aromatic nitrogens is 3. The van der Waals surface area contributed by atoms with Gasteiger partial charge in [0.2, 0.25) is 5.91 Å². The van der Waals surface area contributed by atoms with E-state index in [0.717, 1.165) is 60.2 Å². The molecule has 17 nitrogen and oxygen atoms in total. The van der Waals surface area contributed by atoms with E-state index in [0.29, 0.717) is 117 Å². The van der Waals surface area contributed by atoms with Gasteiger partial charge in [-0.05, 0) is 37.8 Å². The van der Waals surface area contributed by atoms with Gasteiger partial charge in [0.05, 0.1) is 111 Å². The Hall–Kier alpha value is -3.94. The fourth-order valence-electron chi connectivity index (χ4n) is 6.05. The van der Waals surface area contributed by atoms with E-state index >= 15 is 0 Å². The van der Waals surface area contributed by atoms with Crippen LogP contribution < -0.4 is 21.5 Å². The summed E-state index contributed by atoms with van der Waals surface area (Å²) < 4.78 is 43.7. The number of hydrogen-bond donors (Lipinski definition) is 6. The van der Waals surface area contributed by atoms with E-state index < -0.39 is 0 Å². The number of rotatable bonds is 29. The van der Waals surface area contributed by atoms with Crippen LogP contribution in [0.2, 0.25) is 0 Å². The lowest BCUT2D eigenvalue weighted by atomic mass is 9.81. The third-order valence-electron chi connectivity index (χ3n) is 8.80. The molecular formula is C37H58N8O9. The normalized spacial score (nSPS) is 16.2. The quantitative estimate of drug-likeness (QED) is 0.0340. The monoisotopic (exact) mass is 758 g/mol. The van der Waals surface area contributed by atoms with Crippen molar-refractivity contribution in [3.63, 3.8) is 0 Å². The van der Waals surface area contributed by atoms with E-state index in [1.165, 1.54) is 0 Å². The van der Waals surface area contributed by atoms with Crippen LogP contribution in [0.25, 0.3) is 22.3 Å². The number of methoxy groups -OCH3 is 1. The second-order valence-electron chi connectivity index (χ2n) is 12.5. The van der Waals surface area contributed by atoms with Crippen LogP contribution in [0.3, 0.4) is 0 Å². The van der Waals surface area contributed by atoms with Crippen molar-refractivity contribution in [2.24, 2.45) is 22.4 Å². The molecule has 17 heteroatoms. The molecule has 1 saturated carbocycles. The number of carbonyl (C=O) groups excluding carboxylic acids is 1. The highest BCUT2D eigenvalue weighted by molar-refractivity contribution is 6.04. The van der Waals surface area contributed by atoms with Gasteiger partial charge in [-0.2, -0.15) is 0 Å². The van der Waals surface area contributed by atoms with Gasteiger partial charge < -0.3 is 64.6 Å². The summed E-state index contributed by atoms with van der Waals surface area (Å²) in [6.07, 6.45) is 4.01. The van der Waals surface area contributed by atoms with Crippen molar-refractivity contribution in [2.45, 2.75) is 31.6 Å². The highest BCUT2D eigenvalue weighted by Gasteiger charge is 2.30. The van der Waals surface area contributed by atoms with Gasteiger partial charge in [0, 0.05) is 30.3 Å². The third-order valence-corrected chi connectivity index (χ3v) is 8.80. The van der Waals surface area contributed by atoms with Crippen LogP contribution in [0.15, 0.2) is 29.3 Å². The second-order valence-corrected chi connectivity index (χ2v) is 12.5. The zero-order chi connectivity index (χ0) is 38.2. The number of amides is 1. The van der Waals surface area contributed by atoms with Gasteiger partial charge in [0.15, 0.2) is 5.84 Å². The molecule has 0 atom stereocenters. The number of nitrogens with one attached hydrogen (secondary N) is 4. The third kappa shape index (κ3) is 14.4. The Morgan fingerprint density at radius 3 is 1.94 bits per heavy atom. The summed E-state index contributed by atoms with van der Waals surface area (Å²) in [4.78, 5) is 28.6. The largest absolute Gasteiger partial charge is 0.495 e. The molecule has 0 saturated heterocycles. The fraction of sp³-hybridized carbons (Fsp3) is 0.622. The lowest BCUT2D eigenvalue weighted by molar-refractivity contribution is -0.126. The number of fused-ring (bicyclic) bond motifs is 1. The minimum atomic E-state index is -0.0638. The number of aromatic amines is 2. The minimum Gasteiger partial charge on any atom is -0.495 e. The number of benzene rings is 1. The molecule has 4 rings (SSSR count). The van der Waals surface area contributed by atoms with Crippen molar-refractivity contribution in [3.05, 3.63) is 35.8 Å². The Kier molecular flexibility index (Phi) is 20.0. The van der Waals surface area contributed by atoms with E-state index in [4.69, 9.17) is 59.8 Å². The lowest BCUT2D eigenvalue weighted by Gasteiger charge is -2.26. The van der Waals surface area contributed by atoms with E-state index in [1.807, 2.05) is 24.3 Å². The summed E-state index contributed by atoms with van der Waals surface area (Å²) in [5.74, 6) is 1.81. The van der Waals surface area contributed by atoms with Crippen LogP contribution in [0.5, 0.6) is 5.75 Å². The number of ether oxygens (including phenoxy) is 8. The number of para-hydroxylation sites is 1. The minimum absolute atomic E-state index is 0.0444. The number of amidine groups is 1. The highest BCUT2D eigenvalue weighted by Crippen LogP contribution is 2.37. The Morgan fingerprint density at radius 2 is 1.41 bits per heavy atom.